The molecule has 0 aliphatic heterocycles. The normalized spacial score (nSPS) is 17.2. The first-order chi connectivity index (χ1) is 9.67. The first kappa shape index (κ1) is 15.4. The Hall–Kier alpha value is -1.03. The van der Waals surface area contributed by atoms with E-state index in [1.54, 1.807) is 7.11 Å². The zero-order valence-electron chi connectivity index (χ0n) is 13.4. The van der Waals surface area contributed by atoms with Crippen LogP contribution in [0.3, 0.4) is 0 Å². The minimum absolute atomic E-state index is 0.361. The van der Waals surface area contributed by atoms with Crippen LogP contribution in [0.15, 0.2) is 6.20 Å². The fourth-order valence-corrected chi connectivity index (χ4v) is 2.93. The van der Waals surface area contributed by atoms with E-state index in [1.807, 2.05) is 6.20 Å². The van der Waals surface area contributed by atoms with E-state index in [2.05, 4.69) is 35.9 Å². The van der Waals surface area contributed by atoms with Crippen molar-refractivity contribution in [2.24, 2.45) is 5.92 Å². The monoisotopic (exact) mass is 279 g/mol. The maximum absolute atomic E-state index is 5.55. The zero-order valence-corrected chi connectivity index (χ0v) is 13.4. The molecule has 0 aromatic carbocycles. The van der Waals surface area contributed by atoms with Gasteiger partial charge >= 0.3 is 0 Å². The molecule has 1 aliphatic rings. The summed E-state index contributed by atoms with van der Waals surface area (Å²) in [5.74, 6) is 1.79. The maximum Gasteiger partial charge on any atom is 0.161 e. The van der Waals surface area contributed by atoms with Gasteiger partial charge < -0.3 is 10.1 Å². The van der Waals surface area contributed by atoms with E-state index < -0.39 is 0 Å². The highest BCUT2D eigenvalue weighted by atomic mass is 16.5. The SMILES string of the molecule is CCCNC(CC1CCC1)c1c(OC)cnn1C(C)C. The lowest BCUT2D eigenvalue weighted by molar-refractivity contribution is 0.251. The summed E-state index contributed by atoms with van der Waals surface area (Å²) >= 11 is 0. The molecule has 0 spiro atoms. The summed E-state index contributed by atoms with van der Waals surface area (Å²) in [5, 5.41) is 8.22. The molecule has 20 heavy (non-hydrogen) atoms. The highest BCUT2D eigenvalue weighted by Gasteiger charge is 2.28. The van der Waals surface area contributed by atoms with Crippen LogP contribution < -0.4 is 10.1 Å². The lowest BCUT2D eigenvalue weighted by Gasteiger charge is -2.31. The van der Waals surface area contributed by atoms with E-state index in [-0.39, 0.29) is 0 Å². The summed E-state index contributed by atoms with van der Waals surface area (Å²) in [6.07, 6.45) is 8.36. The topological polar surface area (TPSA) is 39.1 Å². The van der Waals surface area contributed by atoms with Gasteiger partial charge in [-0.25, -0.2) is 0 Å². The lowest BCUT2D eigenvalue weighted by atomic mass is 9.80. The number of rotatable bonds is 8. The second-order valence-corrected chi connectivity index (χ2v) is 6.18. The molecule has 4 nitrogen and oxygen atoms in total. The van der Waals surface area contributed by atoms with Crippen LogP contribution in [0.2, 0.25) is 0 Å². The zero-order chi connectivity index (χ0) is 14.5. The van der Waals surface area contributed by atoms with Crippen molar-refractivity contribution in [2.75, 3.05) is 13.7 Å². The van der Waals surface area contributed by atoms with Gasteiger partial charge in [0.2, 0.25) is 0 Å². The molecule has 0 saturated heterocycles. The summed E-state index contributed by atoms with van der Waals surface area (Å²) in [7, 11) is 1.74. The summed E-state index contributed by atoms with van der Waals surface area (Å²) < 4.78 is 7.66. The van der Waals surface area contributed by atoms with Gasteiger partial charge in [0, 0.05) is 6.04 Å². The van der Waals surface area contributed by atoms with E-state index in [1.165, 1.54) is 31.4 Å². The standard InChI is InChI=1S/C16H29N3O/c1-5-9-17-14(10-13-7-6-8-13)16-15(20-4)11-18-19(16)12(2)3/h11-14,17H,5-10H2,1-4H3. The molecule has 1 unspecified atom stereocenters. The fraction of sp³-hybridized carbons (Fsp3) is 0.812. The van der Waals surface area contributed by atoms with Gasteiger partial charge in [-0.15, -0.1) is 0 Å². The van der Waals surface area contributed by atoms with Crippen LogP contribution in [0.5, 0.6) is 5.75 Å². The van der Waals surface area contributed by atoms with Crippen molar-refractivity contribution in [2.45, 2.75) is 65.0 Å². The van der Waals surface area contributed by atoms with Crippen molar-refractivity contribution in [1.29, 1.82) is 0 Å². The average Bonchev–Trinajstić information content (AvgIpc) is 2.80. The van der Waals surface area contributed by atoms with Crippen molar-refractivity contribution < 1.29 is 4.74 Å². The smallest absolute Gasteiger partial charge is 0.161 e. The Balaban J connectivity index is 2.22. The molecular weight excluding hydrogens is 250 g/mol. The van der Waals surface area contributed by atoms with Gasteiger partial charge in [-0.2, -0.15) is 5.10 Å². The summed E-state index contributed by atoms with van der Waals surface area (Å²) in [6.45, 7) is 7.61. The number of methoxy groups -OCH3 is 1. The number of aromatic nitrogens is 2. The Labute approximate surface area is 122 Å². The number of hydrogen-bond acceptors (Lipinski definition) is 3. The quantitative estimate of drug-likeness (QED) is 0.788. The molecular formula is C16H29N3O. The van der Waals surface area contributed by atoms with Crippen LogP contribution >= 0.6 is 0 Å². The second-order valence-electron chi connectivity index (χ2n) is 6.18. The van der Waals surface area contributed by atoms with Gasteiger partial charge in [0.05, 0.1) is 25.0 Å². The minimum Gasteiger partial charge on any atom is -0.493 e. The fourth-order valence-electron chi connectivity index (χ4n) is 2.93. The summed E-state index contributed by atoms with van der Waals surface area (Å²) in [5.41, 5.74) is 1.22. The summed E-state index contributed by atoms with van der Waals surface area (Å²) in [4.78, 5) is 0. The molecule has 4 heteroatoms. The van der Waals surface area contributed by atoms with Crippen molar-refractivity contribution in [3.8, 4) is 5.75 Å². The molecule has 1 fully saturated rings. The first-order valence-corrected chi connectivity index (χ1v) is 8.02. The van der Waals surface area contributed by atoms with Crippen molar-refractivity contribution in [1.82, 2.24) is 15.1 Å². The second kappa shape index (κ2) is 7.11. The highest BCUT2D eigenvalue weighted by Crippen LogP contribution is 2.37. The van der Waals surface area contributed by atoms with Crippen LogP contribution in [-0.4, -0.2) is 23.4 Å². The average molecular weight is 279 g/mol. The molecule has 1 heterocycles. The molecule has 1 aliphatic carbocycles. The van der Waals surface area contributed by atoms with Crippen molar-refractivity contribution >= 4 is 0 Å². The summed E-state index contributed by atoms with van der Waals surface area (Å²) in [6, 6.07) is 0.723. The number of ether oxygens (including phenoxy) is 1. The molecule has 1 aromatic heterocycles. The lowest BCUT2D eigenvalue weighted by Crippen LogP contribution is -2.29. The van der Waals surface area contributed by atoms with Crippen LogP contribution in [0.25, 0.3) is 0 Å². The van der Waals surface area contributed by atoms with Crippen LogP contribution in [0.1, 0.15) is 70.7 Å². The third kappa shape index (κ3) is 3.35. The molecule has 2 rings (SSSR count). The van der Waals surface area contributed by atoms with Gasteiger partial charge in [0.15, 0.2) is 5.75 Å². The molecule has 1 aromatic rings. The Bertz CT molecular complexity index is 410. The van der Waals surface area contributed by atoms with Gasteiger partial charge in [0.1, 0.15) is 0 Å². The van der Waals surface area contributed by atoms with E-state index in [4.69, 9.17) is 4.74 Å². The van der Waals surface area contributed by atoms with E-state index >= 15 is 0 Å². The van der Waals surface area contributed by atoms with E-state index in [9.17, 15) is 0 Å². The maximum atomic E-state index is 5.55. The Morgan fingerprint density at radius 1 is 1.45 bits per heavy atom. The predicted octanol–water partition coefficient (Wildman–Crippen LogP) is 3.70. The predicted molar refractivity (Wildman–Crippen MR) is 82.2 cm³/mol. The minimum atomic E-state index is 0.361. The molecule has 1 atom stereocenters. The van der Waals surface area contributed by atoms with Crippen LogP contribution in [-0.2, 0) is 0 Å². The van der Waals surface area contributed by atoms with Crippen LogP contribution in [0, 0.1) is 5.92 Å². The number of nitrogens with zero attached hydrogens (tertiary/aromatic N) is 2. The van der Waals surface area contributed by atoms with Gasteiger partial charge in [-0.05, 0) is 39.2 Å². The highest BCUT2D eigenvalue weighted by molar-refractivity contribution is 5.29. The van der Waals surface area contributed by atoms with Gasteiger partial charge in [-0.3, -0.25) is 4.68 Å². The van der Waals surface area contributed by atoms with Gasteiger partial charge in [0.25, 0.3) is 0 Å². The third-order valence-electron chi connectivity index (χ3n) is 4.27. The Morgan fingerprint density at radius 2 is 2.20 bits per heavy atom. The van der Waals surface area contributed by atoms with E-state index in [0.717, 1.165) is 24.6 Å². The number of nitrogens with one attached hydrogen (secondary N) is 1. The third-order valence-corrected chi connectivity index (χ3v) is 4.27. The van der Waals surface area contributed by atoms with Crippen molar-refractivity contribution in [3.63, 3.8) is 0 Å². The molecule has 0 bridgehead atoms. The number of hydrogen-bond donors (Lipinski definition) is 1. The molecule has 114 valence electrons. The van der Waals surface area contributed by atoms with Crippen LogP contribution in [0.4, 0.5) is 0 Å². The Kier molecular flexibility index (Phi) is 5.46. The van der Waals surface area contributed by atoms with E-state index in [0.29, 0.717) is 12.1 Å². The van der Waals surface area contributed by atoms with Gasteiger partial charge in [-0.1, -0.05) is 26.2 Å². The first-order valence-electron chi connectivity index (χ1n) is 8.02. The van der Waals surface area contributed by atoms with Crippen molar-refractivity contribution in [3.05, 3.63) is 11.9 Å². The molecule has 0 amide bonds. The molecule has 1 saturated carbocycles. The Morgan fingerprint density at radius 3 is 2.70 bits per heavy atom. The molecule has 0 radical (unpaired) electrons. The molecule has 1 N–H and O–H groups in total. The largest absolute Gasteiger partial charge is 0.493 e.